The number of allylic oxidation sites excluding steroid dienone is 3. The lowest BCUT2D eigenvalue weighted by atomic mass is 10.0. The Kier molecular flexibility index (Phi) is 6.21. The van der Waals surface area contributed by atoms with Gasteiger partial charge in [-0.15, -0.1) is 0 Å². The van der Waals surface area contributed by atoms with Crippen LogP contribution in [0.5, 0.6) is 0 Å². The van der Waals surface area contributed by atoms with E-state index in [0.717, 1.165) is 24.0 Å². The molecule has 1 N–H and O–H groups in total. The number of hydrogen-bond donors (Lipinski definition) is 1. The second kappa shape index (κ2) is 8.99. The van der Waals surface area contributed by atoms with Gasteiger partial charge in [-0.2, -0.15) is 0 Å². The zero-order chi connectivity index (χ0) is 19.1. The Balaban J connectivity index is 1.56. The fourth-order valence-electron chi connectivity index (χ4n) is 3.06. The van der Waals surface area contributed by atoms with Crippen molar-refractivity contribution in [2.24, 2.45) is 0 Å². The fourth-order valence-corrected chi connectivity index (χ4v) is 3.06. The van der Waals surface area contributed by atoms with Crippen LogP contribution in [0.15, 0.2) is 83.7 Å². The molecule has 0 fully saturated rings. The van der Waals surface area contributed by atoms with Crippen LogP contribution in [0.1, 0.15) is 30.9 Å². The molecule has 0 atom stereocenters. The van der Waals surface area contributed by atoms with E-state index in [4.69, 9.17) is 0 Å². The van der Waals surface area contributed by atoms with E-state index in [1.165, 1.54) is 5.56 Å². The quantitative estimate of drug-likeness (QED) is 0.820. The summed E-state index contributed by atoms with van der Waals surface area (Å²) in [7, 11) is 0. The van der Waals surface area contributed by atoms with Gasteiger partial charge in [0, 0.05) is 18.5 Å². The van der Waals surface area contributed by atoms with Crippen LogP contribution in [0.4, 0.5) is 0 Å². The molecule has 0 unspecified atom stereocenters. The summed E-state index contributed by atoms with van der Waals surface area (Å²) >= 11 is 0. The Hall–Kier alpha value is -3.14. The molecule has 0 spiro atoms. The number of hydrogen-bond acceptors (Lipinski definition) is 2. The second-order valence-corrected chi connectivity index (χ2v) is 6.66. The summed E-state index contributed by atoms with van der Waals surface area (Å²) in [5.41, 5.74) is 4.05. The molecule has 0 saturated heterocycles. The summed E-state index contributed by atoms with van der Waals surface area (Å²) < 4.78 is 0. The zero-order valence-corrected chi connectivity index (χ0v) is 15.4. The van der Waals surface area contributed by atoms with Gasteiger partial charge in [-0.1, -0.05) is 60.7 Å². The van der Waals surface area contributed by atoms with E-state index in [-0.39, 0.29) is 17.5 Å². The number of nitrogens with one attached hydrogen (secondary N) is 1. The summed E-state index contributed by atoms with van der Waals surface area (Å²) in [5.74, 6) is -0.527. The summed E-state index contributed by atoms with van der Waals surface area (Å²) in [5, 5.41) is 6.88. The molecule has 3 rings (SSSR count). The predicted octanol–water partition coefficient (Wildman–Crippen LogP) is 3.67. The third-order valence-corrected chi connectivity index (χ3v) is 4.44. The Morgan fingerprint density at radius 2 is 1.59 bits per heavy atom. The summed E-state index contributed by atoms with van der Waals surface area (Å²) in [6.45, 7) is 1.83. The first-order valence-electron chi connectivity index (χ1n) is 9.17. The third kappa shape index (κ3) is 5.42. The monoisotopic (exact) mass is 359 g/mol. The van der Waals surface area contributed by atoms with Gasteiger partial charge < -0.3 is 5.32 Å². The minimum atomic E-state index is -0.377. The molecule has 0 saturated carbocycles. The maximum atomic E-state index is 12.4. The Bertz CT molecular complexity index is 868. The highest BCUT2D eigenvalue weighted by atomic mass is 16.2. The maximum absolute atomic E-state index is 12.4. The van der Waals surface area contributed by atoms with Gasteiger partial charge in [-0.25, -0.2) is 5.32 Å². The molecule has 4 nitrogen and oxygen atoms in total. The molecule has 1 radical (unpaired) electrons. The van der Waals surface area contributed by atoms with Crippen LogP contribution < -0.4 is 10.6 Å². The number of nitrogens with zero attached hydrogens (tertiary/aromatic N) is 1. The number of carbonyl (C=O) groups excluding carboxylic acids is 2. The van der Waals surface area contributed by atoms with Crippen LogP contribution >= 0.6 is 0 Å². The van der Waals surface area contributed by atoms with Crippen molar-refractivity contribution in [1.29, 1.82) is 0 Å². The number of benzene rings is 2. The fraction of sp³-hybridized carbons (Fsp3) is 0.217. The average molecular weight is 359 g/mol. The van der Waals surface area contributed by atoms with E-state index in [1.54, 1.807) is 0 Å². The Morgan fingerprint density at radius 3 is 2.22 bits per heavy atom. The average Bonchev–Trinajstić information content (AvgIpc) is 2.66. The maximum Gasteiger partial charge on any atom is 0.293 e. The van der Waals surface area contributed by atoms with Gasteiger partial charge in [-0.05, 0) is 42.5 Å². The van der Waals surface area contributed by atoms with E-state index in [9.17, 15) is 9.59 Å². The molecule has 2 amide bonds. The normalized spacial score (nSPS) is 13.8. The summed E-state index contributed by atoms with van der Waals surface area (Å²) in [6.07, 6.45) is 4.42. The zero-order valence-electron chi connectivity index (χ0n) is 15.4. The van der Waals surface area contributed by atoms with Crippen molar-refractivity contribution >= 4 is 11.8 Å². The smallest absolute Gasteiger partial charge is 0.293 e. The Labute approximate surface area is 160 Å². The van der Waals surface area contributed by atoms with Crippen LogP contribution in [0, 0.1) is 0 Å². The largest absolute Gasteiger partial charge is 0.321 e. The molecule has 4 heteroatoms. The van der Waals surface area contributed by atoms with E-state index in [2.05, 4.69) is 10.6 Å². The molecule has 0 aliphatic carbocycles. The Morgan fingerprint density at radius 1 is 0.963 bits per heavy atom. The minimum Gasteiger partial charge on any atom is -0.321 e. The molecule has 1 heterocycles. The first-order chi connectivity index (χ1) is 13.1. The molecule has 1 aliphatic heterocycles. The molecule has 137 valence electrons. The first-order valence-corrected chi connectivity index (χ1v) is 9.17. The molecule has 0 aromatic heterocycles. The van der Waals surface area contributed by atoms with Crippen molar-refractivity contribution in [3.8, 4) is 0 Å². The number of carbonyl (C=O) groups is 2. The van der Waals surface area contributed by atoms with Gasteiger partial charge in [0.2, 0.25) is 5.91 Å². The molecule has 2 aromatic rings. The molecular weight excluding hydrogens is 336 g/mol. The van der Waals surface area contributed by atoms with Gasteiger partial charge in [0.05, 0.1) is 0 Å². The number of rotatable bonds is 7. The summed E-state index contributed by atoms with van der Waals surface area (Å²) in [4.78, 5) is 24.6. The van der Waals surface area contributed by atoms with Crippen molar-refractivity contribution < 1.29 is 9.59 Å². The standard InChI is InChI=1S/C23H23N2O2/c1-17-15-20(16-19-11-6-3-7-12-19)24-23(27)22(17)25-21(26)14-8-13-18-9-4-2-5-10-18/h2-7,9-12,15H,8,13-14,16H2,1H3,(H,25,26). The van der Waals surface area contributed by atoms with Crippen LogP contribution in [-0.4, -0.2) is 11.8 Å². The van der Waals surface area contributed by atoms with Crippen LogP contribution in [0.3, 0.4) is 0 Å². The van der Waals surface area contributed by atoms with Crippen LogP contribution in [0.25, 0.3) is 0 Å². The topological polar surface area (TPSA) is 60.3 Å². The lowest BCUT2D eigenvalue weighted by molar-refractivity contribution is -0.123. The predicted molar refractivity (Wildman–Crippen MR) is 106 cm³/mol. The third-order valence-electron chi connectivity index (χ3n) is 4.44. The van der Waals surface area contributed by atoms with Gasteiger partial charge in [-0.3, -0.25) is 9.59 Å². The molecule has 27 heavy (non-hydrogen) atoms. The van der Waals surface area contributed by atoms with Gasteiger partial charge >= 0.3 is 0 Å². The van der Waals surface area contributed by atoms with Gasteiger partial charge in [0.1, 0.15) is 5.70 Å². The van der Waals surface area contributed by atoms with Crippen molar-refractivity contribution in [2.45, 2.75) is 32.6 Å². The van der Waals surface area contributed by atoms with Crippen molar-refractivity contribution in [1.82, 2.24) is 10.6 Å². The number of amides is 2. The van der Waals surface area contributed by atoms with Crippen LogP contribution in [0.2, 0.25) is 0 Å². The van der Waals surface area contributed by atoms with E-state index >= 15 is 0 Å². The van der Waals surface area contributed by atoms with Crippen molar-refractivity contribution in [3.63, 3.8) is 0 Å². The second-order valence-electron chi connectivity index (χ2n) is 6.66. The molecular formula is C23H23N2O2. The molecule has 2 aromatic carbocycles. The summed E-state index contributed by atoms with van der Waals surface area (Å²) in [6, 6.07) is 19.9. The SMILES string of the molecule is CC1=C(NC(=O)CCCc2ccccc2)C(=O)[N]C(Cc2ccccc2)=C1. The van der Waals surface area contributed by atoms with Crippen molar-refractivity contribution in [2.75, 3.05) is 0 Å². The highest BCUT2D eigenvalue weighted by molar-refractivity contribution is 6.00. The lowest BCUT2D eigenvalue weighted by Crippen LogP contribution is -2.34. The highest BCUT2D eigenvalue weighted by Gasteiger charge is 2.22. The minimum absolute atomic E-state index is 0.149. The van der Waals surface area contributed by atoms with E-state index < -0.39 is 0 Å². The number of aryl methyl sites for hydroxylation is 1. The molecule has 1 aliphatic rings. The highest BCUT2D eigenvalue weighted by Crippen LogP contribution is 2.17. The van der Waals surface area contributed by atoms with Crippen molar-refractivity contribution in [3.05, 3.63) is 94.8 Å². The first kappa shape index (κ1) is 18.6. The lowest BCUT2D eigenvalue weighted by Gasteiger charge is -2.17. The van der Waals surface area contributed by atoms with E-state index in [0.29, 0.717) is 18.5 Å². The molecule has 0 bridgehead atoms. The van der Waals surface area contributed by atoms with Gasteiger partial charge in [0.15, 0.2) is 0 Å². The van der Waals surface area contributed by atoms with E-state index in [1.807, 2.05) is 73.7 Å². The van der Waals surface area contributed by atoms with Gasteiger partial charge in [0.25, 0.3) is 5.91 Å². The van der Waals surface area contributed by atoms with Crippen LogP contribution in [-0.2, 0) is 22.4 Å².